The van der Waals surface area contributed by atoms with Gasteiger partial charge in [0.05, 0.1) is 17.3 Å². The number of nitrogens with zero attached hydrogens (tertiary/aromatic N) is 2. The lowest BCUT2D eigenvalue weighted by Crippen LogP contribution is -2.12. The fraction of sp³-hybridized carbons (Fsp3) is 0.154. The number of rotatable bonds is 7. The topological polar surface area (TPSA) is 56.2 Å². The zero-order valence-electron chi connectivity index (χ0n) is 18.0. The average Bonchev–Trinajstić information content (AvgIpc) is 3.11. The van der Waals surface area contributed by atoms with Crippen LogP contribution in [0.3, 0.4) is 0 Å². The molecular weight excluding hydrogens is 422 g/mol. The van der Waals surface area contributed by atoms with E-state index in [1.54, 1.807) is 18.2 Å². The van der Waals surface area contributed by atoms with Crippen molar-refractivity contribution >= 4 is 23.2 Å². The first-order chi connectivity index (χ1) is 15.5. The van der Waals surface area contributed by atoms with E-state index in [1.807, 2.05) is 73.1 Å². The fourth-order valence-electron chi connectivity index (χ4n) is 3.38. The van der Waals surface area contributed by atoms with Crippen LogP contribution in [-0.2, 0) is 13.2 Å². The molecule has 0 saturated carbocycles. The molecule has 0 spiro atoms. The van der Waals surface area contributed by atoms with E-state index in [4.69, 9.17) is 16.3 Å². The summed E-state index contributed by atoms with van der Waals surface area (Å²) in [4.78, 5) is 12.6. The standard InChI is InChI=1S/C26H24ClN3O2/c1-18-15-19(2)30(29-18)16-20-9-13-23(14-10-20)28-26(31)22-11-7-21(8-12-22)17-32-25-6-4-3-5-24(25)27/h3-15H,16-17H2,1-2H3,(H,28,31). The molecule has 32 heavy (non-hydrogen) atoms. The Morgan fingerprint density at radius 2 is 1.66 bits per heavy atom. The summed E-state index contributed by atoms with van der Waals surface area (Å²) in [5.74, 6) is 0.479. The first-order valence-electron chi connectivity index (χ1n) is 10.4. The van der Waals surface area contributed by atoms with Gasteiger partial charge in [-0.15, -0.1) is 0 Å². The van der Waals surface area contributed by atoms with Gasteiger partial charge in [0, 0.05) is 16.9 Å². The number of carbonyl (C=O) groups is 1. The van der Waals surface area contributed by atoms with Crippen LogP contribution in [-0.4, -0.2) is 15.7 Å². The second-order valence-electron chi connectivity index (χ2n) is 7.65. The van der Waals surface area contributed by atoms with E-state index in [0.717, 1.165) is 28.2 Å². The van der Waals surface area contributed by atoms with Gasteiger partial charge in [0.2, 0.25) is 0 Å². The number of aryl methyl sites for hydroxylation is 2. The molecule has 3 aromatic carbocycles. The number of carbonyl (C=O) groups excluding carboxylic acids is 1. The Hall–Kier alpha value is -3.57. The highest BCUT2D eigenvalue weighted by atomic mass is 35.5. The van der Waals surface area contributed by atoms with Gasteiger partial charge in [0.1, 0.15) is 12.4 Å². The lowest BCUT2D eigenvalue weighted by molar-refractivity contribution is 0.102. The number of anilines is 1. The van der Waals surface area contributed by atoms with Gasteiger partial charge in [0.25, 0.3) is 5.91 Å². The molecule has 1 N–H and O–H groups in total. The van der Waals surface area contributed by atoms with Crippen LogP contribution in [0.1, 0.15) is 32.9 Å². The second kappa shape index (κ2) is 9.71. The number of halogens is 1. The van der Waals surface area contributed by atoms with E-state index in [-0.39, 0.29) is 5.91 Å². The number of benzene rings is 3. The molecule has 5 nitrogen and oxygen atoms in total. The number of nitrogens with one attached hydrogen (secondary N) is 1. The van der Waals surface area contributed by atoms with Gasteiger partial charge in [-0.05, 0) is 67.4 Å². The Labute approximate surface area is 192 Å². The molecule has 0 saturated heterocycles. The van der Waals surface area contributed by atoms with Crippen molar-refractivity contribution in [2.75, 3.05) is 5.32 Å². The van der Waals surface area contributed by atoms with Crippen molar-refractivity contribution in [3.8, 4) is 5.75 Å². The second-order valence-corrected chi connectivity index (χ2v) is 8.06. The summed E-state index contributed by atoms with van der Waals surface area (Å²) in [6.45, 7) is 5.11. The fourth-order valence-corrected chi connectivity index (χ4v) is 3.57. The molecule has 0 aliphatic heterocycles. The summed E-state index contributed by atoms with van der Waals surface area (Å²) >= 11 is 6.11. The van der Waals surface area contributed by atoms with Crippen molar-refractivity contribution in [3.63, 3.8) is 0 Å². The lowest BCUT2D eigenvalue weighted by atomic mass is 10.1. The third-order valence-electron chi connectivity index (χ3n) is 5.09. The number of amides is 1. The van der Waals surface area contributed by atoms with Crippen molar-refractivity contribution in [1.29, 1.82) is 0 Å². The smallest absolute Gasteiger partial charge is 0.255 e. The van der Waals surface area contributed by atoms with E-state index in [0.29, 0.717) is 29.5 Å². The molecule has 0 atom stereocenters. The summed E-state index contributed by atoms with van der Waals surface area (Å²) in [7, 11) is 0. The molecule has 1 aromatic heterocycles. The predicted octanol–water partition coefficient (Wildman–Crippen LogP) is 6.03. The quantitative estimate of drug-likeness (QED) is 0.377. The number of aromatic nitrogens is 2. The van der Waals surface area contributed by atoms with Crippen LogP contribution < -0.4 is 10.1 Å². The molecule has 0 unspecified atom stereocenters. The highest BCUT2D eigenvalue weighted by molar-refractivity contribution is 6.32. The number of hydrogen-bond acceptors (Lipinski definition) is 3. The van der Waals surface area contributed by atoms with Crippen LogP contribution in [0.2, 0.25) is 5.02 Å². The molecule has 4 aromatic rings. The third kappa shape index (κ3) is 5.37. The minimum absolute atomic E-state index is 0.158. The Morgan fingerprint density at radius 3 is 2.31 bits per heavy atom. The largest absolute Gasteiger partial charge is 0.487 e. The predicted molar refractivity (Wildman–Crippen MR) is 127 cm³/mol. The van der Waals surface area contributed by atoms with Crippen molar-refractivity contribution < 1.29 is 9.53 Å². The van der Waals surface area contributed by atoms with Crippen LogP contribution in [0.4, 0.5) is 5.69 Å². The van der Waals surface area contributed by atoms with Gasteiger partial charge in [-0.1, -0.05) is 48.0 Å². The molecule has 162 valence electrons. The molecule has 4 rings (SSSR count). The van der Waals surface area contributed by atoms with E-state index in [9.17, 15) is 4.79 Å². The molecule has 6 heteroatoms. The van der Waals surface area contributed by atoms with E-state index >= 15 is 0 Å². The van der Waals surface area contributed by atoms with Crippen molar-refractivity contribution in [1.82, 2.24) is 9.78 Å². The zero-order chi connectivity index (χ0) is 22.5. The van der Waals surface area contributed by atoms with Crippen molar-refractivity contribution in [3.05, 3.63) is 112 Å². The van der Waals surface area contributed by atoms with Gasteiger partial charge < -0.3 is 10.1 Å². The van der Waals surface area contributed by atoms with Gasteiger partial charge >= 0.3 is 0 Å². The molecule has 0 aliphatic carbocycles. The highest BCUT2D eigenvalue weighted by Gasteiger charge is 2.08. The molecule has 0 bridgehead atoms. The van der Waals surface area contributed by atoms with Gasteiger partial charge in [-0.3, -0.25) is 9.48 Å². The number of hydrogen-bond donors (Lipinski definition) is 1. The minimum atomic E-state index is -0.158. The maximum Gasteiger partial charge on any atom is 0.255 e. The van der Waals surface area contributed by atoms with Crippen LogP contribution in [0, 0.1) is 13.8 Å². The number of ether oxygens (including phenoxy) is 1. The van der Waals surface area contributed by atoms with Crippen molar-refractivity contribution in [2.45, 2.75) is 27.0 Å². The monoisotopic (exact) mass is 445 g/mol. The lowest BCUT2D eigenvalue weighted by Gasteiger charge is -2.10. The van der Waals surface area contributed by atoms with E-state index in [1.165, 1.54) is 0 Å². The van der Waals surface area contributed by atoms with Crippen LogP contribution in [0.15, 0.2) is 78.9 Å². The summed E-state index contributed by atoms with van der Waals surface area (Å²) in [6.07, 6.45) is 0. The van der Waals surface area contributed by atoms with Gasteiger partial charge in [-0.2, -0.15) is 5.10 Å². The van der Waals surface area contributed by atoms with Gasteiger partial charge in [0.15, 0.2) is 0 Å². The Bertz CT molecular complexity index is 1210. The normalized spacial score (nSPS) is 10.7. The van der Waals surface area contributed by atoms with E-state index < -0.39 is 0 Å². The first kappa shape index (κ1) is 21.7. The third-order valence-corrected chi connectivity index (χ3v) is 5.41. The summed E-state index contributed by atoms with van der Waals surface area (Å²) < 4.78 is 7.71. The molecule has 0 radical (unpaired) electrons. The SMILES string of the molecule is Cc1cc(C)n(Cc2ccc(NC(=O)c3ccc(COc4ccccc4Cl)cc3)cc2)n1. The summed E-state index contributed by atoms with van der Waals surface area (Å²) in [5, 5.41) is 8.00. The molecule has 1 amide bonds. The average molecular weight is 446 g/mol. The first-order valence-corrected chi connectivity index (χ1v) is 10.7. The van der Waals surface area contributed by atoms with Gasteiger partial charge in [-0.25, -0.2) is 0 Å². The zero-order valence-corrected chi connectivity index (χ0v) is 18.8. The maximum absolute atomic E-state index is 12.6. The summed E-state index contributed by atoms with van der Waals surface area (Å²) in [6, 6.07) is 24.6. The maximum atomic E-state index is 12.6. The Balaban J connectivity index is 1.33. The van der Waals surface area contributed by atoms with Crippen molar-refractivity contribution in [2.24, 2.45) is 0 Å². The molecule has 0 aliphatic rings. The molecule has 1 heterocycles. The molecular formula is C26H24ClN3O2. The van der Waals surface area contributed by atoms with Crippen LogP contribution in [0.5, 0.6) is 5.75 Å². The molecule has 0 fully saturated rings. The van der Waals surface area contributed by atoms with Crippen LogP contribution >= 0.6 is 11.6 Å². The Kier molecular flexibility index (Phi) is 6.57. The minimum Gasteiger partial charge on any atom is -0.487 e. The van der Waals surface area contributed by atoms with Crippen LogP contribution in [0.25, 0.3) is 0 Å². The van der Waals surface area contributed by atoms with E-state index in [2.05, 4.69) is 16.5 Å². The summed E-state index contributed by atoms with van der Waals surface area (Å²) in [5.41, 5.74) is 5.54. The number of para-hydroxylation sites is 1. The Morgan fingerprint density at radius 1 is 0.969 bits per heavy atom. The highest BCUT2D eigenvalue weighted by Crippen LogP contribution is 2.24.